The van der Waals surface area contributed by atoms with Crippen molar-refractivity contribution in [2.75, 3.05) is 5.32 Å². The first-order valence-corrected chi connectivity index (χ1v) is 9.36. The van der Waals surface area contributed by atoms with Crippen molar-refractivity contribution < 1.29 is 13.2 Å². The van der Waals surface area contributed by atoms with Crippen LogP contribution in [0.5, 0.6) is 0 Å². The first kappa shape index (κ1) is 18.2. The van der Waals surface area contributed by atoms with E-state index in [-0.39, 0.29) is 10.9 Å². The lowest BCUT2D eigenvalue weighted by Crippen LogP contribution is -2.42. The molecule has 3 N–H and O–H groups in total. The Morgan fingerprint density at radius 1 is 1.21 bits per heavy atom. The molecule has 0 aliphatic carbocycles. The molecule has 0 atom stereocenters. The molecule has 0 bridgehead atoms. The highest BCUT2D eigenvalue weighted by Gasteiger charge is 2.21. The molecule has 0 unspecified atom stereocenters. The standard InChI is InChI=1S/C15H17BrN4O3S/c1-10(2)18-15(21)20-24(22,23)13-9-11(6-7-12(13)16)19-14-5-3-4-8-17-14/h3-10H,1-2H3,(H,17,19)(H2,18,20,21). The van der Waals surface area contributed by atoms with Crippen molar-refractivity contribution in [2.24, 2.45) is 0 Å². The Morgan fingerprint density at radius 2 is 1.96 bits per heavy atom. The summed E-state index contributed by atoms with van der Waals surface area (Å²) in [6, 6.07) is 9.09. The zero-order chi connectivity index (χ0) is 17.7. The van der Waals surface area contributed by atoms with Crippen LogP contribution in [0.4, 0.5) is 16.3 Å². The zero-order valence-corrected chi connectivity index (χ0v) is 15.5. The fourth-order valence-corrected chi connectivity index (χ4v) is 3.75. The van der Waals surface area contributed by atoms with Gasteiger partial charge in [0.25, 0.3) is 10.0 Å². The third kappa shape index (κ3) is 4.93. The third-order valence-corrected chi connectivity index (χ3v) is 5.13. The first-order chi connectivity index (χ1) is 11.3. The number of carbonyl (C=O) groups is 1. The smallest absolute Gasteiger partial charge is 0.328 e. The molecule has 0 aliphatic rings. The number of hydrogen-bond acceptors (Lipinski definition) is 5. The van der Waals surface area contributed by atoms with Crippen molar-refractivity contribution in [1.82, 2.24) is 15.0 Å². The van der Waals surface area contributed by atoms with E-state index in [9.17, 15) is 13.2 Å². The molecule has 1 aromatic heterocycles. The highest BCUT2D eigenvalue weighted by Crippen LogP contribution is 2.26. The maximum atomic E-state index is 12.4. The lowest BCUT2D eigenvalue weighted by molar-refractivity contribution is 0.243. The zero-order valence-electron chi connectivity index (χ0n) is 13.1. The lowest BCUT2D eigenvalue weighted by Gasteiger charge is -2.13. The number of halogens is 1. The fraction of sp³-hybridized carbons (Fsp3) is 0.200. The van der Waals surface area contributed by atoms with Crippen molar-refractivity contribution in [3.63, 3.8) is 0 Å². The van der Waals surface area contributed by atoms with Crippen molar-refractivity contribution in [2.45, 2.75) is 24.8 Å². The van der Waals surface area contributed by atoms with E-state index in [1.165, 1.54) is 6.07 Å². The Morgan fingerprint density at radius 3 is 2.58 bits per heavy atom. The van der Waals surface area contributed by atoms with Gasteiger partial charge in [0, 0.05) is 22.4 Å². The molecule has 0 saturated carbocycles. The van der Waals surface area contributed by atoms with Crippen LogP contribution in [0.3, 0.4) is 0 Å². The number of anilines is 2. The van der Waals surface area contributed by atoms with Crippen LogP contribution < -0.4 is 15.4 Å². The Bertz CT molecular complexity index is 826. The molecule has 0 fully saturated rings. The number of rotatable bonds is 5. The molecule has 7 nitrogen and oxygen atoms in total. The fourth-order valence-electron chi connectivity index (χ4n) is 1.84. The van der Waals surface area contributed by atoms with Gasteiger partial charge < -0.3 is 10.6 Å². The Labute approximate surface area is 149 Å². The number of carbonyl (C=O) groups excluding carboxylic acids is 1. The predicted octanol–water partition coefficient (Wildman–Crippen LogP) is 2.98. The minimum absolute atomic E-state index is 0.0534. The van der Waals surface area contributed by atoms with E-state index in [2.05, 4.69) is 31.5 Å². The maximum absolute atomic E-state index is 12.4. The molecule has 24 heavy (non-hydrogen) atoms. The van der Waals surface area contributed by atoms with Gasteiger partial charge in [0.2, 0.25) is 0 Å². The number of nitrogens with one attached hydrogen (secondary N) is 3. The van der Waals surface area contributed by atoms with E-state index in [1.54, 1.807) is 44.3 Å². The Hall–Kier alpha value is -2.13. The number of benzene rings is 1. The van der Waals surface area contributed by atoms with Gasteiger partial charge >= 0.3 is 6.03 Å². The van der Waals surface area contributed by atoms with Crippen LogP contribution in [0.15, 0.2) is 52.0 Å². The van der Waals surface area contributed by atoms with Crippen LogP contribution in [-0.2, 0) is 10.0 Å². The van der Waals surface area contributed by atoms with Gasteiger partial charge in [-0.25, -0.2) is 22.9 Å². The van der Waals surface area contributed by atoms with E-state index in [4.69, 9.17) is 0 Å². The summed E-state index contributed by atoms with van der Waals surface area (Å²) in [5.41, 5.74) is 0.529. The number of nitrogens with zero attached hydrogens (tertiary/aromatic N) is 1. The molecule has 0 radical (unpaired) electrons. The number of amides is 2. The van der Waals surface area contributed by atoms with E-state index < -0.39 is 16.1 Å². The topological polar surface area (TPSA) is 100 Å². The molecule has 0 aliphatic heterocycles. The SMILES string of the molecule is CC(C)NC(=O)NS(=O)(=O)c1cc(Nc2ccccn2)ccc1Br. The van der Waals surface area contributed by atoms with Crippen LogP contribution in [-0.4, -0.2) is 25.5 Å². The summed E-state index contributed by atoms with van der Waals surface area (Å²) in [4.78, 5) is 15.8. The van der Waals surface area contributed by atoms with Crippen molar-refractivity contribution in [3.8, 4) is 0 Å². The molecule has 2 amide bonds. The number of urea groups is 1. The average molecular weight is 413 g/mol. The maximum Gasteiger partial charge on any atom is 0.328 e. The minimum Gasteiger partial charge on any atom is -0.340 e. The van der Waals surface area contributed by atoms with Gasteiger partial charge in [0.15, 0.2) is 0 Å². The molecule has 2 rings (SSSR count). The summed E-state index contributed by atoms with van der Waals surface area (Å²) in [6.07, 6.45) is 1.62. The van der Waals surface area contributed by atoms with Crippen molar-refractivity contribution in [1.29, 1.82) is 0 Å². The van der Waals surface area contributed by atoms with Crippen LogP contribution in [0.1, 0.15) is 13.8 Å². The molecular formula is C15H17BrN4O3S. The van der Waals surface area contributed by atoms with Gasteiger partial charge in [0.1, 0.15) is 10.7 Å². The van der Waals surface area contributed by atoms with Gasteiger partial charge in [-0.3, -0.25) is 0 Å². The van der Waals surface area contributed by atoms with Crippen LogP contribution in [0.25, 0.3) is 0 Å². The predicted molar refractivity (Wildman–Crippen MR) is 95.7 cm³/mol. The van der Waals surface area contributed by atoms with Crippen LogP contribution in [0.2, 0.25) is 0 Å². The largest absolute Gasteiger partial charge is 0.340 e. The number of aromatic nitrogens is 1. The molecule has 1 aromatic carbocycles. The van der Waals surface area contributed by atoms with Gasteiger partial charge in [-0.15, -0.1) is 0 Å². The van der Waals surface area contributed by atoms with E-state index in [0.29, 0.717) is 16.0 Å². The van der Waals surface area contributed by atoms with Crippen molar-refractivity contribution in [3.05, 3.63) is 47.1 Å². The molecule has 2 aromatic rings. The van der Waals surface area contributed by atoms with E-state index in [0.717, 1.165) is 0 Å². The third-order valence-electron chi connectivity index (χ3n) is 2.80. The molecule has 0 spiro atoms. The minimum atomic E-state index is -4.02. The summed E-state index contributed by atoms with van der Waals surface area (Å²) < 4.78 is 27.1. The summed E-state index contributed by atoms with van der Waals surface area (Å²) >= 11 is 3.20. The van der Waals surface area contributed by atoms with Crippen molar-refractivity contribution >= 4 is 43.5 Å². The molecule has 1 heterocycles. The van der Waals surface area contributed by atoms with Gasteiger partial charge in [0.05, 0.1) is 0 Å². The summed E-state index contributed by atoms with van der Waals surface area (Å²) in [7, 11) is -4.02. The first-order valence-electron chi connectivity index (χ1n) is 7.09. The van der Waals surface area contributed by atoms with Crippen LogP contribution in [0, 0.1) is 0 Å². The highest BCUT2D eigenvalue weighted by atomic mass is 79.9. The summed E-state index contributed by atoms with van der Waals surface area (Å²) in [5.74, 6) is 0.577. The normalized spacial score (nSPS) is 11.2. The Kier molecular flexibility index (Phi) is 5.79. The second-order valence-electron chi connectivity index (χ2n) is 5.22. The average Bonchev–Trinajstić information content (AvgIpc) is 2.48. The van der Waals surface area contributed by atoms with Gasteiger partial charge in [-0.2, -0.15) is 0 Å². The number of hydrogen-bond donors (Lipinski definition) is 3. The highest BCUT2D eigenvalue weighted by molar-refractivity contribution is 9.10. The second-order valence-corrected chi connectivity index (χ2v) is 7.72. The Balaban J connectivity index is 2.26. The molecule has 128 valence electrons. The number of pyridine rings is 1. The molecule has 0 saturated heterocycles. The molecule has 9 heteroatoms. The van der Waals surface area contributed by atoms with E-state index in [1.807, 2.05) is 10.8 Å². The second kappa shape index (κ2) is 7.63. The summed E-state index contributed by atoms with van der Waals surface area (Å²) in [5, 5.41) is 5.48. The van der Waals surface area contributed by atoms with Crippen LogP contribution >= 0.6 is 15.9 Å². The van der Waals surface area contributed by atoms with Gasteiger partial charge in [-0.1, -0.05) is 6.07 Å². The lowest BCUT2D eigenvalue weighted by atomic mass is 10.3. The summed E-state index contributed by atoms with van der Waals surface area (Å²) in [6.45, 7) is 3.47. The van der Waals surface area contributed by atoms with E-state index >= 15 is 0 Å². The monoisotopic (exact) mass is 412 g/mol. The van der Waals surface area contributed by atoms with Gasteiger partial charge in [-0.05, 0) is 60.1 Å². The quantitative estimate of drug-likeness (QED) is 0.700. The molecular weight excluding hydrogens is 396 g/mol. The number of sulfonamides is 1.